The molecule has 0 amide bonds. The molecule has 1 atom stereocenters. The maximum Gasteiger partial charge on any atom is 0.125 e. The van der Waals surface area contributed by atoms with Gasteiger partial charge in [-0.25, -0.2) is 0 Å². The number of fused-ring (bicyclic) bond motifs is 1. The highest BCUT2D eigenvalue weighted by Gasteiger charge is 2.18. The molecule has 0 spiro atoms. The fourth-order valence-corrected chi connectivity index (χ4v) is 2.29. The smallest absolute Gasteiger partial charge is 0.125 e. The van der Waals surface area contributed by atoms with E-state index >= 15 is 0 Å². The van der Waals surface area contributed by atoms with Gasteiger partial charge in [0.25, 0.3) is 0 Å². The lowest BCUT2D eigenvalue weighted by atomic mass is 9.98. The first-order valence-electron chi connectivity index (χ1n) is 6.61. The van der Waals surface area contributed by atoms with E-state index in [0.717, 1.165) is 16.3 Å². The van der Waals surface area contributed by atoms with E-state index in [0.29, 0.717) is 18.7 Å². The molecule has 4 heteroatoms. The van der Waals surface area contributed by atoms with Gasteiger partial charge in [0.2, 0.25) is 0 Å². The van der Waals surface area contributed by atoms with Gasteiger partial charge in [-0.05, 0) is 29.8 Å². The van der Waals surface area contributed by atoms with Crippen LogP contribution in [0.25, 0.3) is 10.8 Å². The maximum atomic E-state index is 9.43. The molecule has 4 nitrogen and oxygen atoms in total. The van der Waals surface area contributed by atoms with Crippen molar-refractivity contribution in [1.82, 2.24) is 5.32 Å². The second-order valence-corrected chi connectivity index (χ2v) is 4.50. The summed E-state index contributed by atoms with van der Waals surface area (Å²) in [5.41, 5.74) is 0.853. The van der Waals surface area contributed by atoms with Crippen LogP contribution in [0.3, 0.4) is 0 Å². The predicted molar refractivity (Wildman–Crippen MR) is 78.6 cm³/mol. The van der Waals surface area contributed by atoms with Crippen LogP contribution in [0.2, 0.25) is 0 Å². The van der Waals surface area contributed by atoms with Gasteiger partial charge in [0.05, 0.1) is 13.2 Å². The Bertz CT molecular complexity index is 619. The number of rotatable bonds is 6. The molecule has 104 valence electrons. The molecule has 0 aliphatic carbocycles. The summed E-state index contributed by atoms with van der Waals surface area (Å²) in [6.45, 7) is 0.693. The number of benzene rings is 2. The number of methoxy groups -OCH3 is 1. The van der Waals surface area contributed by atoms with E-state index < -0.39 is 6.04 Å². The summed E-state index contributed by atoms with van der Waals surface area (Å²) >= 11 is 0. The van der Waals surface area contributed by atoms with Crippen LogP contribution in [0.5, 0.6) is 5.75 Å². The average molecular weight is 270 g/mol. The minimum absolute atomic E-state index is 0.109. The van der Waals surface area contributed by atoms with Crippen molar-refractivity contribution in [2.75, 3.05) is 20.3 Å². The highest BCUT2D eigenvalue weighted by Crippen LogP contribution is 2.32. The summed E-state index contributed by atoms with van der Waals surface area (Å²) in [6.07, 6.45) is 0.616. The zero-order chi connectivity index (χ0) is 14.4. The lowest BCUT2D eigenvalue weighted by molar-refractivity contribution is 0.285. The number of nitrogens with zero attached hydrogens (tertiary/aromatic N) is 1. The average Bonchev–Trinajstić information content (AvgIpc) is 2.51. The Morgan fingerprint density at radius 3 is 2.80 bits per heavy atom. The Kier molecular flexibility index (Phi) is 4.94. The molecule has 2 N–H and O–H groups in total. The molecule has 0 saturated carbocycles. The van der Waals surface area contributed by atoms with Crippen molar-refractivity contribution in [3.05, 3.63) is 42.0 Å². The minimum Gasteiger partial charge on any atom is -0.496 e. The number of aliphatic hydroxyl groups excluding tert-OH is 1. The lowest BCUT2D eigenvalue weighted by Crippen LogP contribution is -2.22. The molecule has 0 fully saturated rings. The molecule has 0 aliphatic heterocycles. The quantitative estimate of drug-likeness (QED) is 0.791. The van der Waals surface area contributed by atoms with Crippen LogP contribution < -0.4 is 10.1 Å². The molecule has 0 heterocycles. The highest BCUT2D eigenvalue weighted by molar-refractivity contribution is 5.88. The number of aliphatic hydroxyl groups is 1. The summed E-state index contributed by atoms with van der Waals surface area (Å²) in [5, 5.41) is 23.5. The van der Waals surface area contributed by atoms with E-state index in [4.69, 9.17) is 9.84 Å². The molecular weight excluding hydrogens is 252 g/mol. The number of nitriles is 1. The normalized spacial score (nSPS) is 12.1. The molecule has 2 aromatic carbocycles. The standard InChI is InChI=1S/C16H18N2O2/c1-20-15-8-7-12-5-2-3-6-13(12)16(15)14(11-17)18-9-4-10-19/h2-3,5-8,14,18-19H,4,9-10H2,1H3. The van der Waals surface area contributed by atoms with Crippen LogP contribution in [-0.2, 0) is 0 Å². The van der Waals surface area contributed by atoms with Gasteiger partial charge in [0.15, 0.2) is 0 Å². The zero-order valence-corrected chi connectivity index (χ0v) is 11.5. The summed E-state index contributed by atoms with van der Waals surface area (Å²) in [7, 11) is 1.61. The Balaban J connectivity index is 2.46. The molecule has 0 aliphatic rings. The van der Waals surface area contributed by atoms with Crippen molar-refractivity contribution < 1.29 is 9.84 Å². The predicted octanol–water partition coefficient (Wildman–Crippen LogP) is 2.39. The summed E-state index contributed by atoms with van der Waals surface area (Å²) in [5.74, 6) is 0.701. The van der Waals surface area contributed by atoms with E-state index in [1.165, 1.54) is 0 Å². The molecule has 0 bridgehead atoms. The first-order valence-corrected chi connectivity index (χ1v) is 6.61. The van der Waals surface area contributed by atoms with E-state index in [1.54, 1.807) is 7.11 Å². The number of hydrogen-bond acceptors (Lipinski definition) is 4. The van der Waals surface area contributed by atoms with Crippen LogP contribution in [0.1, 0.15) is 18.0 Å². The van der Waals surface area contributed by atoms with E-state index in [9.17, 15) is 5.26 Å². The van der Waals surface area contributed by atoms with Crippen LogP contribution in [0.4, 0.5) is 0 Å². The number of nitrogens with one attached hydrogen (secondary N) is 1. The molecule has 20 heavy (non-hydrogen) atoms. The first-order chi connectivity index (χ1) is 9.81. The van der Waals surface area contributed by atoms with Gasteiger partial charge in [0.1, 0.15) is 11.8 Å². The summed E-state index contributed by atoms with van der Waals surface area (Å²) in [4.78, 5) is 0. The Morgan fingerprint density at radius 1 is 1.30 bits per heavy atom. The molecule has 0 aromatic heterocycles. The van der Waals surface area contributed by atoms with Gasteiger partial charge in [0, 0.05) is 12.2 Å². The Hall–Kier alpha value is -2.09. The summed E-state index contributed by atoms with van der Waals surface area (Å²) < 4.78 is 5.40. The van der Waals surface area contributed by atoms with Gasteiger partial charge >= 0.3 is 0 Å². The fraction of sp³-hybridized carbons (Fsp3) is 0.312. The molecule has 0 radical (unpaired) electrons. The van der Waals surface area contributed by atoms with Crippen LogP contribution >= 0.6 is 0 Å². The van der Waals surface area contributed by atoms with Gasteiger partial charge in [-0.15, -0.1) is 0 Å². The minimum atomic E-state index is -0.456. The molecule has 2 aromatic rings. The van der Waals surface area contributed by atoms with Crippen LogP contribution in [0, 0.1) is 11.3 Å². The zero-order valence-electron chi connectivity index (χ0n) is 11.5. The lowest BCUT2D eigenvalue weighted by Gasteiger charge is -2.17. The SMILES string of the molecule is COc1ccc2ccccc2c1C(C#N)NCCCO. The van der Waals surface area contributed by atoms with Crippen molar-refractivity contribution >= 4 is 10.8 Å². The maximum absolute atomic E-state index is 9.43. The van der Waals surface area contributed by atoms with Crippen molar-refractivity contribution in [3.8, 4) is 11.8 Å². The van der Waals surface area contributed by atoms with Gasteiger partial charge < -0.3 is 9.84 Å². The van der Waals surface area contributed by atoms with Crippen LogP contribution in [-0.4, -0.2) is 25.4 Å². The third-order valence-electron chi connectivity index (χ3n) is 3.25. The van der Waals surface area contributed by atoms with Crippen molar-refractivity contribution in [2.45, 2.75) is 12.5 Å². The second kappa shape index (κ2) is 6.90. The summed E-state index contributed by atoms with van der Waals surface area (Å²) in [6, 6.07) is 13.6. The highest BCUT2D eigenvalue weighted by atomic mass is 16.5. The largest absolute Gasteiger partial charge is 0.496 e. The molecule has 2 rings (SSSR count). The van der Waals surface area contributed by atoms with E-state index in [2.05, 4.69) is 11.4 Å². The van der Waals surface area contributed by atoms with Crippen LogP contribution in [0.15, 0.2) is 36.4 Å². The Labute approximate surface area is 118 Å². The van der Waals surface area contributed by atoms with Gasteiger partial charge in [-0.2, -0.15) is 5.26 Å². The van der Waals surface area contributed by atoms with Gasteiger partial charge in [-0.1, -0.05) is 30.3 Å². The molecule has 1 unspecified atom stereocenters. The Morgan fingerprint density at radius 2 is 2.10 bits per heavy atom. The van der Waals surface area contributed by atoms with Crippen molar-refractivity contribution in [2.24, 2.45) is 0 Å². The van der Waals surface area contributed by atoms with E-state index in [-0.39, 0.29) is 6.61 Å². The third-order valence-corrected chi connectivity index (χ3v) is 3.25. The fourth-order valence-electron chi connectivity index (χ4n) is 2.29. The number of hydrogen-bond donors (Lipinski definition) is 2. The van der Waals surface area contributed by atoms with Crippen molar-refractivity contribution in [1.29, 1.82) is 5.26 Å². The van der Waals surface area contributed by atoms with E-state index in [1.807, 2.05) is 36.4 Å². The molecular formula is C16H18N2O2. The first kappa shape index (κ1) is 14.3. The van der Waals surface area contributed by atoms with Gasteiger partial charge in [-0.3, -0.25) is 5.32 Å². The monoisotopic (exact) mass is 270 g/mol. The van der Waals surface area contributed by atoms with Crippen molar-refractivity contribution in [3.63, 3.8) is 0 Å². The second-order valence-electron chi connectivity index (χ2n) is 4.50. The third kappa shape index (κ3) is 2.90. The molecule has 0 saturated heterocycles. The number of ether oxygens (including phenoxy) is 1. The topological polar surface area (TPSA) is 65.3 Å².